The van der Waals surface area contributed by atoms with Gasteiger partial charge < -0.3 is 15.5 Å². The van der Waals surface area contributed by atoms with Crippen molar-refractivity contribution >= 4 is 47.4 Å². The Morgan fingerprint density at radius 1 is 1.43 bits per heavy atom. The van der Waals surface area contributed by atoms with Gasteiger partial charge in [-0.25, -0.2) is 4.98 Å². The van der Waals surface area contributed by atoms with Crippen molar-refractivity contribution in [3.05, 3.63) is 23.4 Å². The zero-order chi connectivity index (χ0) is 15.4. The van der Waals surface area contributed by atoms with Crippen molar-refractivity contribution in [3.8, 4) is 0 Å². The summed E-state index contributed by atoms with van der Waals surface area (Å²) in [5.74, 6) is 2.61. The molecule has 1 aromatic rings. The quantitative estimate of drug-likeness (QED) is 0.422. The average molecular weight is 450 g/mol. The summed E-state index contributed by atoms with van der Waals surface area (Å²) < 4.78 is 0. The van der Waals surface area contributed by atoms with E-state index in [1.807, 2.05) is 19.2 Å². The highest BCUT2D eigenvalue weighted by atomic mass is 127. The summed E-state index contributed by atoms with van der Waals surface area (Å²) in [4.78, 5) is 11.0. The largest absolute Gasteiger partial charge is 0.356 e. The number of aliphatic imine (C=N–C) groups is 1. The van der Waals surface area contributed by atoms with Crippen molar-refractivity contribution in [2.45, 2.75) is 31.7 Å². The van der Waals surface area contributed by atoms with E-state index in [0.29, 0.717) is 6.04 Å². The Morgan fingerprint density at radius 3 is 2.91 bits per heavy atom. The smallest absolute Gasteiger partial charge is 0.191 e. The third kappa shape index (κ3) is 4.86. The molecule has 3 rings (SSSR count). The van der Waals surface area contributed by atoms with E-state index in [4.69, 9.17) is 11.6 Å². The number of hydrogen-bond acceptors (Lipinski definition) is 3. The summed E-state index contributed by atoms with van der Waals surface area (Å²) in [6.45, 7) is 2.90. The number of halogens is 2. The predicted molar refractivity (Wildman–Crippen MR) is 107 cm³/mol. The fourth-order valence-corrected chi connectivity index (χ4v) is 3.25. The minimum Gasteiger partial charge on any atom is -0.356 e. The van der Waals surface area contributed by atoms with E-state index in [1.54, 1.807) is 6.20 Å². The van der Waals surface area contributed by atoms with Gasteiger partial charge in [-0.15, -0.1) is 24.0 Å². The van der Waals surface area contributed by atoms with Crippen LogP contribution in [-0.4, -0.2) is 43.7 Å². The molecule has 1 unspecified atom stereocenters. The van der Waals surface area contributed by atoms with Crippen LogP contribution in [0.1, 0.15) is 25.7 Å². The van der Waals surface area contributed by atoms with Crippen LogP contribution in [0.3, 0.4) is 0 Å². The number of aromatic nitrogens is 1. The van der Waals surface area contributed by atoms with Crippen molar-refractivity contribution in [1.82, 2.24) is 15.6 Å². The van der Waals surface area contributed by atoms with Crippen molar-refractivity contribution in [1.29, 1.82) is 0 Å². The molecule has 0 aromatic carbocycles. The molecule has 2 N–H and O–H groups in total. The fraction of sp³-hybridized carbons (Fsp3) is 0.625. The zero-order valence-electron chi connectivity index (χ0n) is 13.5. The number of anilines is 1. The van der Waals surface area contributed by atoms with Gasteiger partial charge in [0, 0.05) is 38.9 Å². The molecular formula is C16H25ClIN5. The highest BCUT2D eigenvalue weighted by Crippen LogP contribution is 2.26. The minimum absolute atomic E-state index is 0. The average Bonchev–Trinajstić information content (AvgIpc) is 2.93. The zero-order valence-corrected chi connectivity index (χ0v) is 16.6. The Bertz CT molecular complexity index is 535. The first kappa shape index (κ1) is 18.6. The van der Waals surface area contributed by atoms with Crippen molar-refractivity contribution in [2.75, 3.05) is 31.6 Å². The predicted octanol–water partition coefficient (Wildman–Crippen LogP) is 2.90. The monoisotopic (exact) mass is 449 g/mol. The molecule has 128 valence electrons. The molecule has 1 saturated carbocycles. The van der Waals surface area contributed by atoms with Crippen LogP contribution < -0.4 is 15.5 Å². The summed E-state index contributed by atoms with van der Waals surface area (Å²) in [5, 5.41) is 7.68. The van der Waals surface area contributed by atoms with Crippen molar-refractivity contribution in [2.24, 2.45) is 10.9 Å². The molecule has 0 amide bonds. The molecule has 23 heavy (non-hydrogen) atoms. The highest BCUT2D eigenvalue weighted by molar-refractivity contribution is 14.0. The second-order valence-corrected chi connectivity index (χ2v) is 6.54. The van der Waals surface area contributed by atoms with Crippen LogP contribution in [0.15, 0.2) is 23.3 Å². The maximum Gasteiger partial charge on any atom is 0.191 e. The van der Waals surface area contributed by atoms with Gasteiger partial charge >= 0.3 is 0 Å². The van der Waals surface area contributed by atoms with Crippen LogP contribution in [0.4, 0.5) is 5.82 Å². The first-order valence-electron chi connectivity index (χ1n) is 8.09. The molecule has 1 aromatic heterocycles. The van der Waals surface area contributed by atoms with Crippen LogP contribution in [-0.2, 0) is 0 Å². The normalized spacial score (nSPS) is 21.6. The van der Waals surface area contributed by atoms with E-state index in [1.165, 1.54) is 19.3 Å². The standard InChI is InChI=1S/C16H24ClN5.HI/c1-18-16(20-10-12-4-2-5-12)21-13-7-9-22(11-13)15-14(17)6-3-8-19-15;/h3,6,8,12-13H,2,4-5,7,9-11H2,1H3,(H2,18,20,21);1H. The molecule has 0 spiro atoms. The van der Waals surface area contributed by atoms with Gasteiger partial charge in [-0.1, -0.05) is 18.0 Å². The number of nitrogens with one attached hydrogen (secondary N) is 2. The maximum atomic E-state index is 6.23. The van der Waals surface area contributed by atoms with Crippen molar-refractivity contribution < 1.29 is 0 Å². The molecule has 7 heteroatoms. The topological polar surface area (TPSA) is 52.6 Å². The summed E-state index contributed by atoms with van der Waals surface area (Å²) >= 11 is 6.23. The van der Waals surface area contributed by atoms with Crippen LogP contribution in [0.5, 0.6) is 0 Å². The number of pyridine rings is 1. The summed E-state index contributed by atoms with van der Waals surface area (Å²) in [7, 11) is 1.83. The van der Waals surface area contributed by atoms with Gasteiger partial charge in [-0.2, -0.15) is 0 Å². The number of hydrogen-bond donors (Lipinski definition) is 2. The molecule has 0 bridgehead atoms. The molecule has 2 aliphatic rings. The van der Waals surface area contributed by atoms with E-state index in [-0.39, 0.29) is 24.0 Å². The molecule has 1 aliphatic carbocycles. The second kappa shape index (κ2) is 8.92. The van der Waals surface area contributed by atoms with Gasteiger partial charge in [0.15, 0.2) is 5.96 Å². The lowest BCUT2D eigenvalue weighted by atomic mass is 9.85. The van der Waals surface area contributed by atoms with E-state index < -0.39 is 0 Å². The fourth-order valence-electron chi connectivity index (χ4n) is 3.01. The van der Waals surface area contributed by atoms with Gasteiger partial charge in [0.2, 0.25) is 0 Å². The van der Waals surface area contributed by atoms with E-state index in [0.717, 1.165) is 48.8 Å². The van der Waals surface area contributed by atoms with Gasteiger partial charge in [-0.05, 0) is 37.3 Å². The van der Waals surface area contributed by atoms with Gasteiger partial charge in [-0.3, -0.25) is 4.99 Å². The first-order chi connectivity index (χ1) is 10.8. The van der Waals surface area contributed by atoms with Gasteiger partial charge in [0.25, 0.3) is 0 Å². The minimum atomic E-state index is 0. The number of nitrogens with zero attached hydrogens (tertiary/aromatic N) is 3. The van der Waals surface area contributed by atoms with Crippen LogP contribution in [0.25, 0.3) is 0 Å². The lowest BCUT2D eigenvalue weighted by Gasteiger charge is -2.27. The molecule has 1 aliphatic heterocycles. The SMILES string of the molecule is CN=C(NCC1CCC1)NC1CCN(c2ncccc2Cl)C1.I. The molecule has 0 radical (unpaired) electrons. The summed E-state index contributed by atoms with van der Waals surface area (Å²) in [6, 6.07) is 4.14. The third-order valence-electron chi connectivity index (χ3n) is 4.57. The Kier molecular flexibility index (Phi) is 7.20. The van der Waals surface area contributed by atoms with Gasteiger partial charge in [0.05, 0.1) is 5.02 Å². The van der Waals surface area contributed by atoms with Crippen molar-refractivity contribution in [3.63, 3.8) is 0 Å². The lowest BCUT2D eigenvalue weighted by Crippen LogP contribution is -2.46. The Hall–Kier alpha value is -0.760. The molecule has 5 nitrogen and oxygen atoms in total. The second-order valence-electron chi connectivity index (χ2n) is 6.13. The number of rotatable bonds is 4. The van der Waals surface area contributed by atoms with Crippen LogP contribution in [0.2, 0.25) is 5.02 Å². The highest BCUT2D eigenvalue weighted by Gasteiger charge is 2.26. The molecule has 1 atom stereocenters. The first-order valence-corrected chi connectivity index (χ1v) is 8.46. The van der Waals surface area contributed by atoms with Gasteiger partial charge in [0.1, 0.15) is 5.82 Å². The van der Waals surface area contributed by atoms with Crippen LogP contribution in [0, 0.1) is 5.92 Å². The van der Waals surface area contributed by atoms with E-state index >= 15 is 0 Å². The Morgan fingerprint density at radius 2 is 2.26 bits per heavy atom. The molecule has 2 fully saturated rings. The lowest BCUT2D eigenvalue weighted by molar-refractivity contribution is 0.314. The third-order valence-corrected chi connectivity index (χ3v) is 4.87. The molecule has 1 saturated heterocycles. The number of guanidine groups is 1. The molecule has 2 heterocycles. The molecular weight excluding hydrogens is 425 g/mol. The summed E-state index contributed by atoms with van der Waals surface area (Å²) in [6.07, 6.45) is 6.93. The summed E-state index contributed by atoms with van der Waals surface area (Å²) in [5.41, 5.74) is 0. The van der Waals surface area contributed by atoms with E-state index in [2.05, 4.69) is 25.5 Å². The Balaban J connectivity index is 0.00000192. The maximum absolute atomic E-state index is 6.23. The Labute approximate surface area is 160 Å². The van der Waals surface area contributed by atoms with E-state index in [9.17, 15) is 0 Å². The van der Waals surface area contributed by atoms with Crippen LogP contribution >= 0.6 is 35.6 Å².